The van der Waals surface area contributed by atoms with Crippen LogP contribution in [0.25, 0.3) is 0 Å². The number of halogens is 1. The zero-order valence-corrected chi connectivity index (χ0v) is 15.4. The quantitative estimate of drug-likeness (QED) is 0.900. The first-order valence-electron chi connectivity index (χ1n) is 9.21. The Bertz CT molecular complexity index is 606. The predicted octanol–water partition coefficient (Wildman–Crippen LogP) is 3.67. The Morgan fingerprint density at radius 2 is 1.92 bits per heavy atom. The summed E-state index contributed by atoms with van der Waals surface area (Å²) in [6.45, 7) is 3.28. The molecule has 0 unspecified atom stereocenters. The van der Waals surface area contributed by atoms with E-state index in [9.17, 15) is 4.79 Å². The summed E-state index contributed by atoms with van der Waals surface area (Å²) in [7, 11) is 1.85. The number of hydrogen-bond donors (Lipinski definition) is 1. The molecule has 1 N–H and O–H groups in total. The Balaban J connectivity index is 1.43. The Kier molecular flexibility index (Phi) is 4.02. The summed E-state index contributed by atoms with van der Waals surface area (Å²) in [5.74, 6) is 2.49. The minimum Gasteiger partial charge on any atom is -0.333 e. The SMILES string of the molecule is CCn1ncc(Cl)c1CN(C)C(=O)NC12CC3CC(CC(C3)C1)C2. The maximum atomic E-state index is 12.8. The van der Waals surface area contributed by atoms with E-state index in [1.165, 1.54) is 38.5 Å². The van der Waals surface area contributed by atoms with Gasteiger partial charge in [0.15, 0.2) is 0 Å². The summed E-state index contributed by atoms with van der Waals surface area (Å²) in [4.78, 5) is 14.6. The minimum atomic E-state index is 0.0249. The van der Waals surface area contributed by atoms with Crippen molar-refractivity contribution in [3.05, 3.63) is 16.9 Å². The van der Waals surface area contributed by atoms with Crippen molar-refractivity contribution in [3.63, 3.8) is 0 Å². The van der Waals surface area contributed by atoms with E-state index in [4.69, 9.17) is 11.6 Å². The van der Waals surface area contributed by atoms with Crippen LogP contribution in [0.3, 0.4) is 0 Å². The zero-order valence-electron chi connectivity index (χ0n) is 14.6. The van der Waals surface area contributed by atoms with E-state index in [0.29, 0.717) is 11.6 Å². The molecule has 24 heavy (non-hydrogen) atoms. The van der Waals surface area contributed by atoms with Crippen LogP contribution in [0.5, 0.6) is 0 Å². The third-order valence-electron chi connectivity index (χ3n) is 6.34. The molecule has 4 aliphatic rings. The summed E-state index contributed by atoms with van der Waals surface area (Å²) in [5, 5.41) is 8.29. The number of urea groups is 1. The number of aromatic nitrogens is 2. The molecule has 2 amide bonds. The Hall–Kier alpha value is -1.23. The lowest BCUT2D eigenvalue weighted by molar-refractivity contribution is -0.0154. The highest BCUT2D eigenvalue weighted by molar-refractivity contribution is 6.31. The van der Waals surface area contributed by atoms with E-state index in [2.05, 4.69) is 10.4 Å². The molecule has 0 spiro atoms. The second-order valence-electron chi connectivity index (χ2n) is 8.24. The third-order valence-corrected chi connectivity index (χ3v) is 6.66. The van der Waals surface area contributed by atoms with E-state index < -0.39 is 0 Å². The molecule has 6 heteroatoms. The monoisotopic (exact) mass is 350 g/mol. The number of nitrogens with zero attached hydrogens (tertiary/aromatic N) is 3. The van der Waals surface area contributed by atoms with Gasteiger partial charge in [0.1, 0.15) is 0 Å². The van der Waals surface area contributed by atoms with Gasteiger partial charge in [-0.1, -0.05) is 11.6 Å². The minimum absolute atomic E-state index is 0.0249. The highest BCUT2D eigenvalue weighted by Crippen LogP contribution is 2.55. The molecule has 132 valence electrons. The van der Waals surface area contributed by atoms with Crippen LogP contribution in [0, 0.1) is 17.8 Å². The van der Waals surface area contributed by atoms with Crippen LogP contribution in [0.4, 0.5) is 4.79 Å². The molecule has 4 fully saturated rings. The molecular weight excluding hydrogens is 324 g/mol. The molecule has 0 aromatic carbocycles. The second-order valence-corrected chi connectivity index (χ2v) is 8.65. The summed E-state index contributed by atoms with van der Waals surface area (Å²) >= 11 is 6.23. The van der Waals surface area contributed by atoms with Crippen molar-refractivity contribution >= 4 is 17.6 Å². The molecule has 4 saturated carbocycles. The Labute approximate surface area is 148 Å². The van der Waals surface area contributed by atoms with Gasteiger partial charge < -0.3 is 10.2 Å². The fourth-order valence-electron chi connectivity index (χ4n) is 5.70. The van der Waals surface area contributed by atoms with Crippen LogP contribution in [0.1, 0.15) is 51.1 Å². The summed E-state index contributed by atoms with van der Waals surface area (Å²) in [5.41, 5.74) is 0.955. The molecule has 0 atom stereocenters. The van der Waals surface area contributed by atoms with Crippen LogP contribution in [0.15, 0.2) is 6.20 Å². The van der Waals surface area contributed by atoms with Gasteiger partial charge in [-0.25, -0.2) is 4.79 Å². The summed E-state index contributed by atoms with van der Waals surface area (Å²) in [6, 6.07) is 0.0249. The molecule has 0 radical (unpaired) electrons. The Morgan fingerprint density at radius 1 is 1.33 bits per heavy atom. The van der Waals surface area contributed by atoms with E-state index in [-0.39, 0.29) is 11.6 Å². The first-order chi connectivity index (χ1) is 11.5. The van der Waals surface area contributed by atoms with Gasteiger partial charge in [-0.05, 0) is 63.2 Å². The van der Waals surface area contributed by atoms with Crippen molar-refractivity contribution in [1.82, 2.24) is 20.0 Å². The molecule has 4 aliphatic carbocycles. The van der Waals surface area contributed by atoms with Gasteiger partial charge in [-0.3, -0.25) is 4.68 Å². The molecule has 1 aromatic heterocycles. The standard InChI is InChI=1S/C18H27ClN4O/c1-3-23-16(15(19)10-20-23)11-22(2)17(24)21-18-7-12-4-13(8-18)6-14(5-12)9-18/h10,12-14H,3-9,11H2,1-2H3,(H,21,24). The smallest absolute Gasteiger partial charge is 0.317 e. The van der Waals surface area contributed by atoms with Crippen LogP contribution in [-0.2, 0) is 13.1 Å². The molecule has 5 nitrogen and oxygen atoms in total. The van der Waals surface area contributed by atoms with Crippen LogP contribution >= 0.6 is 11.6 Å². The van der Waals surface area contributed by atoms with E-state index in [1.54, 1.807) is 11.1 Å². The highest BCUT2D eigenvalue weighted by atomic mass is 35.5. The van der Waals surface area contributed by atoms with Crippen LogP contribution in [-0.4, -0.2) is 33.3 Å². The first kappa shape index (κ1) is 16.2. The van der Waals surface area contributed by atoms with Crippen molar-refractivity contribution in [1.29, 1.82) is 0 Å². The lowest BCUT2D eigenvalue weighted by Crippen LogP contribution is -2.61. The largest absolute Gasteiger partial charge is 0.333 e. The highest BCUT2D eigenvalue weighted by Gasteiger charge is 2.51. The van der Waals surface area contributed by atoms with Gasteiger partial charge >= 0.3 is 6.03 Å². The lowest BCUT2D eigenvalue weighted by atomic mass is 9.53. The van der Waals surface area contributed by atoms with Crippen molar-refractivity contribution in [3.8, 4) is 0 Å². The second kappa shape index (κ2) is 5.94. The molecule has 1 aromatic rings. The maximum Gasteiger partial charge on any atom is 0.317 e. The molecule has 1 heterocycles. The molecule has 0 aliphatic heterocycles. The van der Waals surface area contributed by atoms with Crippen molar-refractivity contribution in [2.45, 2.75) is 64.1 Å². The van der Waals surface area contributed by atoms with Crippen molar-refractivity contribution in [2.75, 3.05) is 7.05 Å². The third kappa shape index (κ3) is 2.81. The van der Waals surface area contributed by atoms with Crippen LogP contribution < -0.4 is 5.32 Å². The average Bonchev–Trinajstić information content (AvgIpc) is 2.85. The van der Waals surface area contributed by atoms with Crippen LogP contribution in [0.2, 0.25) is 5.02 Å². The van der Waals surface area contributed by atoms with Gasteiger partial charge in [-0.15, -0.1) is 0 Å². The lowest BCUT2D eigenvalue weighted by Gasteiger charge is -2.57. The predicted molar refractivity (Wildman–Crippen MR) is 93.8 cm³/mol. The van der Waals surface area contributed by atoms with E-state index in [0.717, 1.165) is 30.0 Å². The average molecular weight is 351 g/mol. The van der Waals surface area contributed by atoms with E-state index >= 15 is 0 Å². The van der Waals surface area contributed by atoms with Gasteiger partial charge in [0.05, 0.1) is 23.5 Å². The van der Waals surface area contributed by atoms with E-state index in [1.807, 2.05) is 18.7 Å². The number of carbonyl (C=O) groups excluding carboxylic acids is 1. The molecule has 0 saturated heterocycles. The molecular formula is C18H27ClN4O. The number of hydrogen-bond acceptors (Lipinski definition) is 2. The fourth-order valence-corrected chi connectivity index (χ4v) is 5.90. The number of carbonyl (C=O) groups is 1. The van der Waals surface area contributed by atoms with Crippen molar-refractivity contribution in [2.24, 2.45) is 17.8 Å². The van der Waals surface area contributed by atoms with Gasteiger partial charge in [-0.2, -0.15) is 5.10 Å². The fraction of sp³-hybridized carbons (Fsp3) is 0.778. The zero-order chi connectivity index (χ0) is 16.9. The van der Waals surface area contributed by atoms with Gasteiger partial charge in [0, 0.05) is 19.1 Å². The van der Waals surface area contributed by atoms with Gasteiger partial charge in [0.25, 0.3) is 0 Å². The first-order valence-corrected chi connectivity index (χ1v) is 9.59. The number of nitrogens with one attached hydrogen (secondary N) is 1. The number of rotatable bonds is 4. The normalized spacial score (nSPS) is 33.7. The number of amides is 2. The maximum absolute atomic E-state index is 12.8. The topological polar surface area (TPSA) is 50.2 Å². The van der Waals surface area contributed by atoms with Gasteiger partial charge in [0.2, 0.25) is 0 Å². The summed E-state index contributed by atoms with van der Waals surface area (Å²) in [6.07, 6.45) is 9.33. The summed E-state index contributed by atoms with van der Waals surface area (Å²) < 4.78 is 1.86. The van der Waals surface area contributed by atoms with Crippen molar-refractivity contribution < 1.29 is 4.79 Å². The Morgan fingerprint density at radius 3 is 2.46 bits per heavy atom. The molecule has 4 bridgehead atoms. The molecule has 5 rings (SSSR count). The number of aryl methyl sites for hydroxylation is 1.